The second kappa shape index (κ2) is 5.93. The van der Waals surface area contributed by atoms with Crippen LogP contribution in [0.4, 0.5) is 10.2 Å². The Balaban J connectivity index is 1.93. The van der Waals surface area contributed by atoms with Gasteiger partial charge in [-0.25, -0.2) is 19.3 Å². The second-order valence-corrected chi connectivity index (χ2v) is 4.84. The van der Waals surface area contributed by atoms with Crippen molar-refractivity contribution >= 4 is 16.7 Å². The zero-order valence-corrected chi connectivity index (χ0v) is 12.3. The molecule has 1 aromatic carbocycles. The van der Waals surface area contributed by atoms with Gasteiger partial charge in [-0.3, -0.25) is 0 Å². The summed E-state index contributed by atoms with van der Waals surface area (Å²) in [5.41, 5.74) is 1.71. The smallest absolute Gasteiger partial charge is 0.213 e. The van der Waals surface area contributed by atoms with Crippen molar-refractivity contribution in [2.24, 2.45) is 0 Å². The molecule has 0 saturated carbocycles. The molecule has 0 aliphatic carbocycles. The summed E-state index contributed by atoms with van der Waals surface area (Å²) in [4.78, 5) is 12.9. The summed E-state index contributed by atoms with van der Waals surface area (Å²) in [7, 11) is 1.56. The summed E-state index contributed by atoms with van der Waals surface area (Å²) in [6, 6.07) is 8.14. The molecule has 3 rings (SSSR count). The molecule has 6 heteroatoms. The Labute approximate surface area is 127 Å². The number of hydrogen-bond donors (Lipinski definition) is 1. The van der Waals surface area contributed by atoms with E-state index in [9.17, 15) is 4.39 Å². The predicted molar refractivity (Wildman–Crippen MR) is 82.3 cm³/mol. The van der Waals surface area contributed by atoms with E-state index in [2.05, 4.69) is 20.3 Å². The first kappa shape index (κ1) is 14.2. The number of methoxy groups -OCH3 is 1. The van der Waals surface area contributed by atoms with Crippen LogP contribution in [0, 0.1) is 12.7 Å². The van der Waals surface area contributed by atoms with E-state index in [0.717, 1.165) is 16.5 Å². The molecule has 0 amide bonds. The number of anilines is 1. The minimum atomic E-state index is -0.247. The highest BCUT2D eigenvalue weighted by atomic mass is 19.1. The Hall–Kier alpha value is -2.76. The second-order valence-electron chi connectivity index (χ2n) is 4.84. The SMILES string of the molecule is COc1cc2c(NCc3ccc(F)cc3)nc(C)nc2cn1. The summed E-state index contributed by atoms with van der Waals surface area (Å²) in [5, 5.41) is 4.09. The third-order valence-electron chi connectivity index (χ3n) is 3.25. The zero-order valence-electron chi connectivity index (χ0n) is 12.3. The van der Waals surface area contributed by atoms with Crippen LogP contribution in [0.1, 0.15) is 11.4 Å². The Bertz CT molecular complexity index is 805. The van der Waals surface area contributed by atoms with Crippen molar-refractivity contribution in [2.45, 2.75) is 13.5 Å². The minimum absolute atomic E-state index is 0.247. The van der Waals surface area contributed by atoms with Gasteiger partial charge in [-0.15, -0.1) is 0 Å². The predicted octanol–water partition coefficient (Wildman–Crippen LogP) is 3.09. The molecule has 0 unspecified atom stereocenters. The zero-order chi connectivity index (χ0) is 15.5. The number of halogens is 1. The molecule has 0 spiro atoms. The van der Waals surface area contributed by atoms with Crippen molar-refractivity contribution in [1.82, 2.24) is 15.0 Å². The summed E-state index contributed by atoms with van der Waals surface area (Å²) in [5.74, 6) is 1.61. The third kappa shape index (κ3) is 2.95. The average Bonchev–Trinajstić information content (AvgIpc) is 2.53. The lowest BCUT2D eigenvalue weighted by atomic mass is 10.2. The number of hydrogen-bond acceptors (Lipinski definition) is 5. The monoisotopic (exact) mass is 298 g/mol. The van der Waals surface area contributed by atoms with Gasteiger partial charge in [-0.05, 0) is 24.6 Å². The van der Waals surface area contributed by atoms with E-state index in [1.807, 2.05) is 6.92 Å². The largest absolute Gasteiger partial charge is 0.481 e. The van der Waals surface area contributed by atoms with Gasteiger partial charge in [0.15, 0.2) is 0 Å². The van der Waals surface area contributed by atoms with Gasteiger partial charge >= 0.3 is 0 Å². The van der Waals surface area contributed by atoms with E-state index in [1.54, 1.807) is 31.5 Å². The van der Waals surface area contributed by atoms with Crippen LogP contribution in [-0.4, -0.2) is 22.1 Å². The number of nitrogens with zero attached hydrogens (tertiary/aromatic N) is 3. The van der Waals surface area contributed by atoms with Crippen LogP contribution in [0.15, 0.2) is 36.5 Å². The molecule has 0 saturated heterocycles. The average molecular weight is 298 g/mol. The van der Waals surface area contributed by atoms with E-state index >= 15 is 0 Å². The van der Waals surface area contributed by atoms with Crippen LogP contribution in [0.3, 0.4) is 0 Å². The van der Waals surface area contributed by atoms with E-state index < -0.39 is 0 Å². The van der Waals surface area contributed by atoms with Gasteiger partial charge in [0.25, 0.3) is 0 Å². The molecule has 0 atom stereocenters. The normalized spacial score (nSPS) is 10.7. The first-order chi connectivity index (χ1) is 10.7. The molecule has 5 nitrogen and oxygen atoms in total. The Kier molecular flexibility index (Phi) is 3.82. The van der Waals surface area contributed by atoms with Gasteiger partial charge in [0.2, 0.25) is 5.88 Å². The third-order valence-corrected chi connectivity index (χ3v) is 3.25. The van der Waals surface area contributed by atoms with Crippen molar-refractivity contribution in [2.75, 3.05) is 12.4 Å². The maximum absolute atomic E-state index is 12.9. The van der Waals surface area contributed by atoms with Crippen LogP contribution < -0.4 is 10.1 Å². The molecular formula is C16H15FN4O. The first-order valence-corrected chi connectivity index (χ1v) is 6.82. The number of aromatic nitrogens is 3. The van der Waals surface area contributed by atoms with Gasteiger partial charge in [0.05, 0.1) is 18.8 Å². The van der Waals surface area contributed by atoms with E-state index in [0.29, 0.717) is 24.1 Å². The highest BCUT2D eigenvalue weighted by Crippen LogP contribution is 2.23. The molecule has 0 radical (unpaired) electrons. The van der Waals surface area contributed by atoms with Crippen molar-refractivity contribution in [3.05, 3.63) is 53.7 Å². The van der Waals surface area contributed by atoms with Gasteiger partial charge in [0.1, 0.15) is 17.5 Å². The molecule has 1 N–H and O–H groups in total. The molecule has 0 bridgehead atoms. The van der Waals surface area contributed by atoms with E-state index in [1.165, 1.54) is 12.1 Å². The molecular weight excluding hydrogens is 283 g/mol. The molecule has 112 valence electrons. The molecule has 0 aliphatic heterocycles. The summed E-state index contributed by atoms with van der Waals surface area (Å²) >= 11 is 0. The van der Waals surface area contributed by atoms with Gasteiger partial charge in [0, 0.05) is 18.0 Å². The summed E-state index contributed by atoms with van der Waals surface area (Å²) in [6.07, 6.45) is 1.66. The van der Waals surface area contributed by atoms with Crippen molar-refractivity contribution in [3.8, 4) is 5.88 Å². The van der Waals surface area contributed by atoms with Crippen LogP contribution in [-0.2, 0) is 6.54 Å². The summed E-state index contributed by atoms with van der Waals surface area (Å²) in [6.45, 7) is 2.36. The number of aryl methyl sites for hydroxylation is 1. The molecule has 2 heterocycles. The van der Waals surface area contributed by atoms with Crippen LogP contribution in [0.25, 0.3) is 10.9 Å². The maximum Gasteiger partial charge on any atom is 0.213 e. The highest BCUT2D eigenvalue weighted by Gasteiger charge is 2.08. The fourth-order valence-corrected chi connectivity index (χ4v) is 2.16. The van der Waals surface area contributed by atoms with Gasteiger partial charge in [-0.1, -0.05) is 12.1 Å². The van der Waals surface area contributed by atoms with Crippen LogP contribution in [0.2, 0.25) is 0 Å². The number of benzene rings is 1. The standard InChI is InChI=1S/C16H15FN4O/c1-10-20-14-9-18-15(22-2)7-13(14)16(21-10)19-8-11-3-5-12(17)6-4-11/h3-7,9H,8H2,1-2H3,(H,19,20,21). The van der Waals surface area contributed by atoms with Crippen molar-refractivity contribution in [1.29, 1.82) is 0 Å². The van der Waals surface area contributed by atoms with Crippen LogP contribution >= 0.6 is 0 Å². The lowest BCUT2D eigenvalue weighted by Crippen LogP contribution is -2.04. The summed E-state index contributed by atoms with van der Waals surface area (Å²) < 4.78 is 18.1. The Morgan fingerprint density at radius 3 is 2.68 bits per heavy atom. The van der Waals surface area contributed by atoms with E-state index in [-0.39, 0.29) is 5.82 Å². The lowest BCUT2D eigenvalue weighted by Gasteiger charge is -2.10. The van der Waals surface area contributed by atoms with Gasteiger partial charge in [-0.2, -0.15) is 0 Å². The fourth-order valence-electron chi connectivity index (χ4n) is 2.16. The highest BCUT2D eigenvalue weighted by molar-refractivity contribution is 5.89. The molecule has 3 aromatic rings. The topological polar surface area (TPSA) is 59.9 Å². The number of pyridine rings is 1. The minimum Gasteiger partial charge on any atom is -0.481 e. The van der Waals surface area contributed by atoms with Gasteiger partial charge < -0.3 is 10.1 Å². The van der Waals surface area contributed by atoms with Crippen LogP contribution in [0.5, 0.6) is 5.88 Å². The van der Waals surface area contributed by atoms with Crippen molar-refractivity contribution < 1.29 is 9.13 Å². The quantitative estimate of drug-likeness (QED) is 0.802. The molecule has 2 aromatic heterocycles. The van der Waals surface area contributed by atoms with Crippen molar-refractivity contribution in [3.63, 3.8) is 0 Å². The first-order valence-electron chi connectivity index (χ1n) is 6.82. The molecule has 22 heavy (non-hydrogen) atoms. The van der Waals surface area contributed by atoms with E-state index in [4.69, 9.17) is 4.74 Å². The number of ether oxygens (including phenoxy) is 1. The molecule has 0 fully saturated rings. The number of rotatable bonds is 4. The molecule has 0 aliphatic rings. The number of fused-ring (bicyclic) bond motifs is 1. The number of nitrogens with one attached hydrogen (secondary N) is 1. The maximum atomic E-state index is 12.9. The fraction of sp³-hybridized carbons (Fsp3) is 0.188. The lowest BCUT2D eigenvalue weighted by molar-refractivity contribution is 0.398. The Morgan fingerprint density at radius 2 is 1.95 bits per heavy atom. The Morgan fingerprint density at radius 1 is 1.18 bits per heavy atom.